The van der Waals surface area contributed by atoms with Gasteiger partial charge in [-0.25, -0.2) is 0 Å². The molecule has 1 unspecified atom stereocenters. The van der Waals surface area contributed by atoms with Crippen molar-refractivity contribution in [2.75, 3.05) is 4.90 Å². The summed E-state index contributed by atoms with van der Waals surface area (Å²) in [6.07, 6.45) is 8.17. The Hall–Kier alpha value is -7.16. The Morgan fingerprint density at radius 3 is 1.67 bits per heavy atom. The first-order valence-corrected chi connectivity index (χ1v) is 19.9. The zero-order chi connectivity index (χ0) is 37.8. The van der Waals surface area contributed by atoms with Gasteiger partial charge in [0.2, 0.25) is 0 Å². The fraction of sp³-hybridized carbons (Fsp3) is 0.0545. The molecule has 0 fully saturated rings. The molecule has 270 valence electrons. The van der Waals surface area contributed by atoms with Gasteiger partial charge in [0.1, 0.15) is 11.2 Å². The summed E-state index contributed by atoms with van der Waals surface area (Å²) in [5, 5.41) is 2.28. The highest BCUT2D eigenvalue weighted by Gasteiger charge is 2.49. The average molecular weight is 730 g/mol. The van der Waals surface area contributed by atoms with E-state index in [0.29, 0.717) is 0 Å². The van der Waals surface area contributed by atoms with Gasteiger partial charge in [-0.05, 0) is 93.3 Å². The summed E-state index contributed by atoms with van der Waals surface area (Å²) >= 11 is 0. The summed E-state index contributed by atoms with van der Waals surface area (Å²) in [4.78, 5) is 2.40. The van der Waals surface area contributed by atoms with Crippen LogP contribution < -0.4 is 4.90 Å². The van der Waals surface area contributed by atoms with Gasteiger partial charge in [-0.3, -0.25) is 0 Å². The van der Waals surface area contributed by atoms with Crippen LogP contribution >= 0.6 is 0 Å². The Morgan fingerprint density at radius 2 is 1.00 bits per heavy atom. The van der Waals surface area contributed by atoms with E-state index in [-0.39, 0.29) is 11.3 Å². The molecule has 0 aliphatic heterocycles. The average Bonchev–Trinajstić information content (AvgIpc) is 3.82. The molecule has 2 aliphatic rings. The summed E-state index contributed by atoms with van der Waals surface area (Å²) in [5.74, 6) is 0.211. The predicted molar refractivity (Wildman–Crippen MR) is 237 cm³/mol. The molecule has 0 radical (unpaired) electrons. The van der Waals surface area contributed by atoms with Crippen molar-refractivity contribution >= 4 is 33.3 Å². The lowest BCUT2D eigenvalue weighted by Crippen LogP contribution is -2.36. The Balaban J connectivity index is 1.01. The first kappa shape index (κ1) is 33.2. The van der Waals surface area contributed by atoms with Gasteiger partial charge in [0.15, 0.2) is 0 Å². The fourth-order valence-electron chi connectivity index (χ4n) is 9.64. The van der Waals surface area contributed by atoms with Gasteiger partial charge in [-0.1, -0.05) is 182 Å². The van der Waals surface area contributed by atoms with Gasteiger partial charge in [0, 0.05) is 33.4 Å². The van der Waals surface area contributed by atoms with E-state index in [4.69, 9.17) is 4.42 Å². The van der Waals surface area contributed by atoms with Crippen LogP contribution in [0, 0.1) is 5.92 Å². The van der Waals surface area contributed by atoms with Crippen molar-refractivity contribution < 1.29 is 4.42 Å². The highest BCUT2D eigenvalue weighted by atomic mass is 16.3. The molecule has 11 rings (SSSR count). The lowest BCUT2D eigenvalue weighted by molar-refractivity contribution is 0.456. The van der Waals surface area contributed by atoms with Crippen LogP contribution in [0.2, 0.25) is 0 Å². The van der Waals surface area contributed by atoms with Crippen LogP contribution in [0.1, 0.15) is 23.1 Å². The van der Waals surface area contributed by atoms with Crippen LogP contribution in [-0.2, 0) is 5.41 Å². The van der Waals surface area contributed by atoms with Crippen molar-refractivity contribution in [3.05, 3.63) is 241 Å². The van der Waals surface area contributed by atoms with Crippen LogP contribution in [-0.4, -0.2) is 0 Å². The third-order valence-electron chi connectivity index (χ3n) is 12.2. The number of benzene rings is 8. The molecule has 0 amide bonds. The van der Waals surface area contributed by atoms with E-state index in [2.05, 4.69) is 211 Å². The number of hydrogen-bond acceptors (Lipinski definition) is 2. The topological polar surface area (TPSA) is 16.4 Å². The molecule has 0 N–H and O–H groups in total. The molecule has 0 spiro atoms. The highest BCUT2D eigenvalue weighted by Crippen LogP contribution is 2.58. The fourth-order valence-corrected chi connectivity index (χ4v) is 9.64. The van der Waals surface area contributed by atoms with Crippen molar-refractivity contribution in [2.24, 2.45) is 5.92 Å². The second-order valence-corrected chi connectivity index (χ2v) is 15.2. The zero-order valence-electron chi connectivity index (χ0n) is 31.4. The number of para-hydroxylation sites is 2. The maximum atomic E-state index is 6.44. The standard InChI is InChI=1S/C55H39NO/c1-3-14-38(15-4-1)39-26-32-43(33-27-39)56(44-34-28-40(29-35-44)46-21-13-22-50-49-20-9-12-25-53(49)57-54(46)50)45-36-30-42(31-37-45)55(41-16-5-2-6-17-41)51-23-10-7-18-47(51)48-19-8-11-24-52(48)55/h1-30,32-37,42H,31H2. The molecular weight excluding hydrogens is 691 g/mol. The summed E-state index contributed by atoms with van der Waals surface area (Å²) in [5.41, 5.74) is 16.3. The van der Waals surface area contributed by atoms with E-state index < -0.39 is 0 Å². The molecule has 1 heterocycles. The molecular formula is C55H39NO. The summed E-state index contributed by atoms with van der Waals surface area (Å²) in [7, 11) is 0. The van der Waals surface area contributed by atoms with Gasteiger partial charge in [-0.15, -0.1) is 0 Å². The van der Waals surface area contributed by atoms with Gasteiger partial charge in [-0.2, -0.15) is 0 Å². The first-order chi connectivity index (χ1) is 28.3. The van der Waals surface area contributed by atoms with Crippen molar-refractivity contribution in [1.82, 2.24) is 0 Å². The van der Waals surface area contributed by atoms with Gasteiger partial charge >= 0.3 is 0 Å². The Labute approximate surface area is 333 Å². The van der Waals surface area contributed by atoms with E-state index >= 15 is 0 Å². The summed E-state index contributed by atoms with van der Waals surface area (Å²) < 4.78 is 6.44. The van der Waals surface area contributed by atoms with Crippen LogP contribution in [0.25, 0.3) is 55.3 Å². The van der Waals surface area contributed by atoms with Crippen LogP contribution in [0.4, 0.5) is 11.4 Å². The molecule has 9 aromatic rings. The van der Waals surface area contributed by atoms with Crippen molar-refractivity contribution in [3.63, 3.8) is 0 Å². The Morgan fingerprint density at radius 1 is 0.456 bits per heavy atom. The molecule has 2 heteroatoms. The molecule has 0 saturated carbocycles. The van der Waals surface area contributed by atoms with E-state index in [1.54, 1.807) is 0 Å². The maximum absolute atomic E-state index is 6.44. The summed E-state index contributed by atoms with van der Waals surface area (Å²) in [6.45, 7) is 0. The van der Waals surface area contributed by atoms with Crippen LogP contribution in [0.3, 0.4) is 0 Å². The number of allylic oxidation sites excluding steroid dienone is 3. The number of rotatable bonds is 7. The molecule has 0 saturated heterocycles. The van der Waals surface area contributed by atoms with Gasteiger partial charge < -0.3 is 9.32 Å². The normalized spacial score (nSPS) is 15.3. The molecule has 57 heavy (non-hydrogen) atoms. The SMILES string of the molecule is C1=CC(C2(c3ccccc3)c3ccccc3-c3ccccc32)CC=C1N(c1ccc(-c2ccccc2)cc1)c1ccc(-c2cccc3c2oc2ccccc23)cc1. The molecule has 1 aromatic heterocycles. The number of hydrogen-bond donors (Lipinski definition) is 0. The quantitative estimate of drug-likeness (QED) is 0.162. The number of nitrogens with zero attached hydrogens (tertiary/aromatic N) is 1. The van der Waals surface area contributed by atoms with Crippen molar-refractivity contribution in [1.29, 1.82) is 0 Å². The van der Waals surface area contributed by atoms with Crippen LogP contribution in [0.15, 0.2) is 229 Å². The largest absolute Gasteiger partial charge is 0.455 e. The maximum Gasteiger partial charge on any atom is 0.143 e. The highest BCUT2D eigenvalue weighted by molar-refractivity contribution is 6.09. The van der Waals surface area contributed by atoms with E-state index in [9.17, 15) is 0 Å². The van der Waals surface area contributed by atoms with Gasteiger partial charge in [0.05, 0.1) is 5.41 Å². The zero-order valence-corrected chi connectivity index (χ0v) is 31.4. The molecule has 2 nitrogen and oxygen atoms in total. The third-order valence-corrected chi connectivity index (χ3v) is 12.2. The third kappa shape index (κ3) is 5.33. The van der Waals surface area contributed by atoms with Crippen LogP contribution in [0.5, 0.6) is 0 Å². The Bertz CT molecular complexity index is 2930. The lowest BCUT2D eigenvalue weighted by Gasteiger charge is -2.40. The van der Waals surface area contributed by atoms with Crippen molar-refractivity contribution in [2.45, 2.75) is 11.8 Å². The van der Waals surface area contributed by atoms with E-state index in [0.717, 1.165) is 56.6 Å². The molecule has 0 bridgehead atoms. The second-order valence-electron chi connectivity index (χ2n) is 15.2. The van der Waals surface area contributed by atoms with E-state index in [1.807, 2.05) is 12.1 Å². The molecule has 2 aliphatic carbocycles. The smallest absolute Gasteiger partial charge is 0.143 e. The minimum absolute atomic E-state index is 0.211. The lowest BCUT2D eigenvalue weighted by atomic mass is 9.62. The monoisotopic (exact) mass is 729 g/mol. The molecule has 8 aromatic carbocycles. The van der Waals surface area contributed by atoms with E-state index in [1.165, 1.54) is 38.9 Å². The first-order valence-electron chi connectivity index (χ1n) is 19.9. The minimum atomic E-state index is -0.311. The second kappa shape index (κ2) is 13.5. The van der Waals surface area contributed by atoms with Gasteiger partial charge in [0.25, 0.3) is 0 Å². The molecule has 1 atom stereocenters. The Kier molecular flexibility index (Phi) is 7.89. The summed E-state index contributed by atoms with van der Waals surface area (Å²) in [6, 6.07) is 72.5. The number of furan rings is 1. The number of fused-ring (bicyclic) bond motifs is 6. The minimum Gasteiger partial charge on any atom is -0.455 e. The number of anilines is 2. The van der Waals surface area contributed by atoms with Crippen molar-refractivity contribution in [3.8, 4) is 33.4 Å². The predicted octanol–water partition coefficient (Wildman–Crippen LogP) is 14.5.